The van der Waals surface area contributed by atoms with Crippen LogP contribution in [0.4, 0.5) is 5.69 Å². The van der Waals surface area contributed by atoms with Crippen LogP contribution in [0.15, 0.2) is 47.8 Å². The van der Waals surface area contributed by atoms with Crippen LogP contribution in [0, 0.1) is 0 Å². The van der Waals surface area contributed by atoms with Crippen LogP contribution in [0.25, 0.3) is 10.1 Å². The van der Waals surface area contributed by atoms with Gasteiger partial charge in [-0.05, 0) is 64.8 Å². The Bertz CT molecular complexity index is 979. The quantitative estimate of drug-likeness (QED) is 0.739. The Morgan fingerprint density at radius 2 is 1.93 bits per heavy atom. The molecule has 27 heavy (non-hydrogen) atoms. The van der Waals surface area contributed by atoms with Crippen LogP contribution < -0.4 is 4.90 Å². The molecule has 5 heteroatoms. The lowest BCUT2D eigenvalue weighted by atomic mass is 9.80. The number of ether oxygens (including phenoxy) is 1. The van der Waals surface area contributed by atoms with E-state index >= 15 is 0 Å². The van der Waals surface area contributed by atoms with Crippen molar-refractivity contribution in [2.24, 2.45) is 0 Å². The Hall–Kier alpha value is -1.92. The van der Waals surface area contributed by atoms with Crippen molar-refractivity contribution in [1.82, 2.24) is 4.90 Å². The van der Waals surface area contributed by atoms with E-state index in [0.29, 0.717) is 6.54 Å². The third-order valence-corrected chi connectivity index (χ3v) is 6.68. The van der Waals surface area contributed by atoms with Crippen molar-refractivity contribution in [2.75, 3.05) is 44.8 Å². The van der Waals surface area contributed by atoms with Crippen molar-refractivity contribution in [3.63, 3.8) is 0 Å². The fourth-order valence-electron chi connectivity index (χ4n) is 4.43. The Kier molecular flexibility index (Phi) is 4.20. The number of fused-ring (bicyclic) bond motifs is 2. The second kappa shape index (κ2) is 6.60. The molecule has 3 heterocycles. The molecule has 140 valence electrons. The maximum atomic E-state index is 11.8. The van der Waals surface area contributed by atoms with Crippen molar-refractivity contribution in [3.8, 4) is 0 Å². The number of nitrogens with zero attached hydrogens (tertiary/aromatic N) is 2. The topological polar surface area (TPSA) is 35.9 Å². The summed E-state index contributed by atoms with van der Waals surface area (Å²) >= 11 is 1.74. The number of aliphatic hydroxyl groups is 1. The van der Waals surface area contributed by atoms with Gasteiger partial charge in [-0.25, -0.2) is 0 Å². The second-order valence-corrected chi connectivity index (χ2v) is 8.59. The summed E-state index contributed by atoms with van der Waals surface area (Å²) in [4.78, 5) is 4.58. The smallest absolute Gasteiger partial charge is 0.128 e. The average Bonchev–Trinajstić information content (AvgIpc) is 3.16. The number of likely N-dealkylation sites (N-methyl/N-ethyl adjacent to an activating group) is 1. The van der Waals surface area contributed by atoms with E-state index in [-0.39, 0.29) is 0 Å². The van der Waals surface area contributed by atoms with Gasteiger partial charge >= 0.3 is 0 Å². The highest BCUT2D eigenvalue weighted by atomic mass is 32.1. The Morgan fingerprint density at radius 1 is 1.07 bits per heavy atom. The number of anilines is 1. The fourth-order valence-corrected chi connectivity index (χ4v) is 5.20. The molecule has 0 radical (unpaired) electrons. The first-order chi connectivity index (χ1) is 13.1. The highest BCUT2D eigenvalue weighted by Crippen LogP contribution is 2.39. The van der Waals surface area contributed by atoms with Crippen LogP contribution in [0.1, 0.15) is 16.7 Å². The van der Waals surface area contributed by atoms with Crippen LogP contribution in [0.3, 0.4) is 0 Å². The molecule has 3 aromatic rings. The number of hydrogen-bond acceptors (Lipinski definition) is 5. The van der Waals surface area contributed by atoms with Crippen molar-refractivity contribution < 1.29 is 9.84 Å². The molecule has 4 nitrogen and oxygen atoms in total. The molecule has 1 saturated heterocycles. The van der Waals surface area contributed by atoms with Crippen molar-refractivity contribution in [2.45, 2.75) is 12.1 Å². The zero-order valence-corrected chi connectivity index (χ0v) is 16.3. The zero-order valence-electron chi connectivity index (χ0n) is 15.5. The van der Waals surface area contributed by atoms with Crippen LogP contribution in [-0.2, 0) is 16.9 Å². The summed E-state index contributed by atoms with van der Waals surface area (Å²) in [5.41, 5.74) is 3.46. The maximum Gasteiger partial charge on any atom is 0.128 e. The summed E-state index contributed by atoms with van der Waals surface area (Å²) in [6.07, 6.45) is 0. The Balaban J connectivity index is 1.58. The fraction of sp³-hybridized carbons (Fsp3) is 0.364. The monoisotopic (exact) mass is 380 g/mol. The van der Waals surface area contributed by atoms with Gasteiger partial charge < -0.3 is 14.7 Å². The third kappa shape index (κ3) is 2.95. The van der Waals surface area contributed by atoms with Crippen molar-refractivity contribution >= 4 is 27.1 Å². The Morgan fingerprint density at radius 3 is 2.78 bits per heavy atom. The maximum absolute atomic E-state index is 11.8. The molecule has 0 spiro atoms. The SMILES string of the molecule is CN1Cc2cc(N3CCOCC3)ccc2C(O)(c2ccc3sccc3c2)C1. The van der Waals surface area contributed by atoms with E-state index in [1.54, 1.807) is 11.3 Å². The highest BCUT2D eigenvalue weighted by Gasteiger charge is 2.38. The van der Waals surface area contributed by atoms with Gasteiger partial charge in [0.1, 0.15) is 5.60 Å². The van der Waals surface area contributed by atoms with E-state index in [0.717, 1.165) is 44.0 Å². The van der Waals surface area contributed by atoms with Gasteiger partial charge in [-0.3, -0.25) is 4.90 Å². The summed E-state index contributed by atoms with van der Waals surface area (Å²) in [7, 11) is 2.08. The summed E-state index contributed by atoms with van der Waals surface area (Å²) in [5, 5.41) is 15.1. The van der Waals surface area contributed by atoms with Gasteiger partial charge in [0.15, 0.2) is 0 Å². The van der Waals surface area contributed by atoms with Gasteiger partial charge in [-0.1, -0.05) is 12.1 Å². The molecule has 1 N–H and O–H groups in total. The van der Waals surface area contributed by atoms with E-state index < -0.39 is 5.60 Å². The molecule has 0 aliphatic carbocycles. The largest absolute Gasteiger partial charge is 0.379 e. The number of morpholine rings is 1. The van der Waals surface area contributed by atoms with E-state index in [1.165, 1.54) is 21.3 Å². The number of thiophene rings is 1. The van der Waals surface area contributed by atoms with Crippen LogP contribution in [0.5, 0.6) is 0 Å². The first kappa shape index (κ1) is 17.2. The lowest BCUT2D eigenvalue weighted by Crippen LogP contribution is -2.45. The molecule has 0 amide bonds. The molecule has 1 atom stereocenters. The minimum atomic E-state index is -0.984. The van der Waals surface area contributed by atoms with Crippen molar-refractivity contribution in [1.29, 1.82) is 0 Å². The highest BCUT2D eigenvalue weighted by molar-refractivity contribution is 7.17. The zero-order chi connectivity index (χ0) is 18.4. The summed E-state index contributed by atoms with van der Waals surface area (Å²) < 4.78 is 6.74. The van der Waals surface area contributed by atoms with Crippen LogP contribution in [-0.4, -0.2) is 49.9 Å². The lowest BCUT2D eigenvalue weighted by molar-refractivity contribution is 0.0284. The predicted molar refractivity (Wildman–Crippen MR) is 111 cm³/mol. The summed E-state index contributed by atoms with van der Waals surface area (Å²) in [5.74, 6) is 0. The van der Waals surface area contributed by atoms with Gasteiger partial charge in [0.25, 0.3) is 0 Å². The standard InChI is InChI=1S/C22H24N2O2S/c1-23-14-17-13-19(24-7-9-26-10-8-24)3-4-20(17)22(25,15-23)18-2-5-21-16(12-18)6-11-27-21/h2-6,11-13,25H,7-10,14-15H2,1H3. The molecular weight excluding hydrogens is 356 g/mol. The van der Waals surface area contributed by atoms with Gasteiger partial charge in [0, 0.05) is 36.6 Å². The molecule has 1 fully saturated rings. The molecule has 0 saturated carbocycles. The minimum absolute atomic E-state index is 0.604. The molecule has 5 rings (SSSR count). The summed E-state index contributed by atoms with van der Waals surface area (Å²) in [6.45, 7) is 4.87. The molecule has 2 aliphatic rings. The number of benzene rings is 2. The molecule has 2 aliphatic heterocycles. The van der Waals surface area contributed by atoms with E-state index in [1.807, 2.05) is 0 Å². The minimum Gasteiger partial charge on any atom is -0.379 e. The molecule has 0 bridgehead atoms. The molecule has 1 aromatic heterocycles. The average molecular weight is 381 g/mol. The van der Waals surface area contributed by atoms with Gasteiger partial charge in [-0.15, -0.1) is 11.3 Å². The number of rotatable bonds is 2. The molecule has 2 aromatic carbocycles. The van der Waals surface area contributed by atoms with Crippen LogP contribution >= 0.6 is 11.3 Å². The van der Waals surface area contributed by atoms with Crippen LogP contribution in [0.2, 0.25) is 0 Å². The third-order valence-electron chi connectivity index (χ3n) is 5.78. The molecule has 1 unspecified atom stereocenters. The van der Waals surface area contributed by atoms with Gasteiger partial charge in [0.05, 0.1) is 13.2 Å². The first-order valence-electron chi connectivity index (χ1n) is 9.48. The van der Waals surface area contributed by atoms with Crippen molar-refractivity contribution in [3.05, 3.63) is 64.5 Å². The molecular formula is C22H24N2O2S. The van der Waals surface area contributed by atoms with Gasteiger partial charge in [0.2, 0.25) is 0 Å². The second-order valence-electron chi connectivity index (χ2n) is 7.65. The predicted octanol–water partition coefficient (Wildman–Crippen LogP) is 3.42. The first-order valence-corrected chi connectivity index (χ1v) is 10.4. The number of β-amino-alcohol motifs (C(OH)–C–C–N with tert-alkyl or cyclic N) is 1. The van der Waals surface area contributed by atoms with E-state index in [9.17, 15) is 5.11 Å². The van der Waals surface area contributed by atoms with E-state index in [4.69, 9.17) is 4.74 Å². The normalized spacial score (nSPS) is 23.6. The van der Waals surface area contributed by atoms with E-state index in [2.05, 4.69) is 64.7 Å². The Labute approximate surface area is 163 Å². The lowest BCUT2D eigenvalue weighted by Gasteiger charge is -2.40. The summed E-state index contributed by atoms with van der Waals surface area (Å²) in [6, 6.07) is 15.0. The number of hydrogen-bond donors (Lipinski definition) is 1. The van der Waals surface area contributed by atoms with Gasteiger partial charge in [-0.2, -0.15) is 0 Å².